The summed E-state index contributed by atoms with van der Waals surface area (Å²) in [6, 6.07) is 3.63. The first-order valence-electron chi connectivity index (χ1n) is 3.36. The van der Waals surface area contributed by atoms with Crippen LogP contribution in [0.25, 0.3) is 0 Å². The van der Waals surface area contributed by atoms with Crippen LogP contribution < -0.4 is 5.84 Å². The van der Waals surface area contributed by atoms with Gasteiger partial charge in [-0.25, -0.2) is 0 Å². The Balaban J connectivity index is 3.26. The lowest BCUT2D eigenvalue weighted by Gasteiger charge is -1.96. The highest BCUT2D eigenvalue weighted by Gasteiger charge is 2.11. The van der Waals surface area contributed by atoms with Gasteiger partial charge in [0.1, 0.15) is 5.75 Å². The molecule has 3 N–H and O–H groups in total. The molecule has 1 rings (SSSR count). The minimum atomic E-state index is -0.573. The van der Waals surface area contributed by atoms with Crippen LogP contribution in [0.3, 0.4) is 0 Å². The van der Waals surface area contributed by atoms with E-state index in [-0.39, 0.29) is 17.0 Å². The highest BCUT2D eigenvalue weighted by Crippen LogP contribution is 2.21. The van der Waals surface area contributed by atoms with Crippen LogP contribution in [0.15, 0.2) is 23.3 Å². The molecular formula is C7H7N3O3. The number of hydrogen-bond acceptors (Lipinski definition) is 5. The van der Waals surface area contributed by atoms with E-state index in [0.717, 1.165) is 6.21 Å². The smallest absolute Gasteiger partial charge is 0.278 e. The fourth-order valence-corrected chi connectivity index (χ4v) is 0.892. The molecule has 68 valence electrons. The summed E-state index contributed by atoms with van der Waals surface area (Å²) in [5.74, 6) is 4.78. The van der Waals surface area contributed by atoms with Crippen molar-refractivity contribution in [2.24, 2.45) is 10.9 Å². The number of benzene rings is 1. The van der Waals surface area contributed by atoms with Crippen molar-refractivity contribution < 1.29 is 10.0 Å². The van der Waals surface area contributed by atoms with Crippen molar-refractivity contribution in [2.45, 2.75) is 0 Å². The third-order valence-corrected chi connectivity index (χ3v) is 1.42. The predicted octanol–water partition coefficient (Wildman–Crippen LogP) is 0.593. The maximum atomic E-state index is 10.4. The van der Waals surface area contributed by atoms with Crippen LogP contribution in [0.5, 0.6) is 5.75 Å². The number of hydrogen-bond donors (Lipinski definition) is 2. The molecule has 1 aromatic rings. The van der Waals surface area contributed by atoms with Gasteiger partial charge in [-0.05, 0) is 12.1 Å². The number of nitro benzene ring substituents is 1. The maximum absolute atomic E-state index is 10.4. The number of aromatic hydroxyl groups is 1. The SMILES string of the molecule is NN=Cc1cc(O)ccc1[N+](=O)[O-]. The molecular weight excluding hydrogens is 174 g/mol. The summed E-state index contributed by atoms with van der Waals surface area (Å²) in [5.41, 5.74) is 0.0273. The molecule has 0 unspecified atom stereocenters. The van der Waals surface area contributed by atoms with E-state index in [9.17, 15) is 10.1 Å². The van der Waals surface area contributed by atoms with Crippen molar-refractivity contribution in [1.82, 2.24) is 0 Å². The molecule has 0 aromatic heterocycles. The zero-order valence-corrected chi connectivity index (χ0v) is 6.54. The lowest BCUT2D eigenvalue weighted by atomic mass is 10.2. The van der Waals surface area contributed by atoms with Gasteiger partial charge < -0.3 is 10.9 Å². The first-order valence-corrected chi connectivity index (χ1v) is 3.36. The fraction of sp³-hybridized carbons (Fsp3) is 0. The zero-order chi connectivity index (χ0) is 9.84. The summed E-state index contributed by atoms with van der Waals surface area (Å²) in [5, 5.41) is 22.6. The third-order valence-electron chi connectivity index (χ3n) is 1.42. The van der Waals surface area contributed by atoms with Crippen LogP contribution >= 0.6 is 0 Å². The van der Waals surface area contributed by atoms with E-state index in [1.54, 1.807) is 0 Å². The van der Waals surface area contributed by atoms with Gasteiger partial charge in [-0.2, -0.15) is 5.10 Å². The second-order valence-corrected chi connectivity index (χ2v) is 2.28. The minimum Gasteiger partial charge on any atom is -0.508 e. The van der Waals surface area contributed by atoms with Crippen LogP contribution in [0.4, 0.5) is 5.69 Å². The fourth-order valence-electron chi connectivity index (χ4n) is 0.892. The Kier molecular flexibility index (Phi) is 2.44. The largest absolute Gasteiger partial charge is 0.508 e. The molecule has 0 fully saturated rings. The molecule has 0 bridgehead atoms. The van der Waals surface area contributed by atoms with Gasteiger partial charge in [-0.3, -0.25) is 10.1 Å². The zero-order valence-electron chi connectivity index (χ0n) is 6.54. The van der Waals surface area contributed by atoms with Gasteiger partial charge in [0, 0.05) is 6.07 Å². The Morgan fingerprint density at radius 2 is 2.31 bits per heavy atom. The number of phenolic OH excluding ortho intramolecular Hbond substituents is 1. The highest BCUT2D eigenvalue weighted by atomic mass is 16.6. The van der Waals surface area contributed by atoms with E-state index in [4.69, 9.17) is 10.9 Å². The molecule has 6 heteroatoms. The molecule has 0 heterocycles. The molecule has 0 radical (unpaired) electrons. The van der Waals surface area contributed by atoms with Crippen molar-refractivity contribution in [1.29, 1.82) is 0 Å². The second kappa shape index (κ2) is 3.53. The lowest BCUT2D eigenvalue weighted by molar-refractivity contribution is -0.385. The van der Waals surface area contributed by atoms with Crippen LogP contribution in [-0.4, -0.2) is 16.2 Å². The highest BCUT2D eigenvalue weighted by molar-refractivity contribution is 5.85. The summed E-state index contributed by atoms with van der Waals surface area (Å²) < 4.78 is 0. The van der Waals surface area contributed by atoms with Crippen LogP contribution in [0, 0.1) is 10.1 Å². The Hall–Kier alpha value is -2.11. The summed E-state index contributed by atoms with van der Waals surface area (Å²) in [4.78, 5) is 9.86. The second-order valence-electron chi connectivity index (χ2n) is 2.28. The first kappa shape index (κ1) is 8.98. The van der Waals surface area contributed by atoms with Gasteiger partial charge in [0.2, 0.25) is 0 Å². The molecule has 0 atom stereocenters. The van der Waals surface area contributed by atoms with Gasteiger partial charge in [0.15, 0.2) is 0 Å². The predicted molar refractivity (Wildman–Crippen MR) is 46.5 cm³/mol. The molecule has 13 heavy (non-hydrogen) atoms. The normalized spacial score (nSPS) is 10.5. The number of phenols is 1. The first-order chi connectivity index (χ1) is 6.15. The van der Waals surface area contributed by atoms with Gasteiger partial charge in [-0.15, -0.1) is 0 Å². The molecule has 0 amide bonds. The Morgan fingerprint density at radius 3 is 2.85 bits per heavy atom. The monoisotopic (exact) mass is 181 g/mol. The van der Waals surface area contributed by atoms with E-state index in [0.29, 0.717) is 0 Å². The topological polar surface area (TPSA) is 102 Å². The summed E-state index contributed by atoms with van der Waals surface area (Å²) in [6.45, 7) is 0. The van der Waals surface area contributed by atoms with Crippen LogP contribution in [0.1, 0.15) is 5.56 Å². The molecule has 0 saturated carbocycles. The molecule has 0 aliphatic rings. The number of nitrogens with two attached hydrogens (primary N) is 1. The van der Waals surface area contributed by atoms with Gasteiger partial charge in [0.25, 0.3) is 5.69 Å². The molecule has 0 aliphatic heterocycles. The molecule has 0 spiro atoms. The van der Waals surface area contributed by atoms with E-state index in [2.05, 4.69) is 5.10 Å². The van der Waals surface area contributed by atoms with E-state index in [1.807, 2.05) is 0 Å². The Morgan fingerprint density at radius 1 is 1.62 bits per heavy atom. The molecule has 0 saturated heterocycles. The van der Waals surface area contributed by atoms with Gasteiger partial charge >= 0.3 is 0 Å². The van der Waals surface area contributed by atoms with Gasteiger partial charge in [-0.1, -0.05) is 0 Å². The number of rotatable bonds is 2. The average molecular weight is 181 g/mol. The van der Waals surface area contributed by atoms with Crippen molar-refractivity contribution in [3.05, 3.63) is 33.9 Å². The van der Waals surface area contributed by atoms with Crippen LogP contribution in [0.2, 0.25) is 0 Å². The van der Waals surface area contributed by atoms with E-state index < -0.39 is 4.92 Å². The van der Waals surface area contributed by atoms with Crippen molar-refractivity contribution in [3.8, 4) is 5.75 Å². The summed E-state index contributed by atoms with van der Waals surface area (Å²) >= 11 is 0. The van der Waals surface area contributed by atoms with E-state index in [1.165, 1.54) is 18.2 Å². The minimum absolute atomic E-state index is 0.0690. The lowest BCUT2D eigenvalue weighted by Crippen LogP contribution is -1.95. The van der Waals surface area contributed by atoms with Gasteiger partial charge in [0.05, 0.1) is 16.7 Å². The number of hydrazone groups is 1. The Bertz CT molecular complexity index is 362. The van der Waals surface area contributed by atoms with Crippen LogP contribution in [-0.2, 0) is 0 Å². The van der Waals surface area contributed by atoms with Crippen molar-refractivity contribution >= 4 is 11.9 Å². The van der Waals surface area contributed by atoms with Crippen molar-refractivity contribution in [3.63, 3.8) is 0 Å². The number of nitrogens with zero attached hydrogens (tertiary/aromatic N) is 2. The molecule has 1 aromatic carbocycles. The van der Waals surface area contributed by atoms with Crippen molar-refractivity contribution in [2.75, 3.05) is 0 Å². The summed E-state index contributed by atoms with van der Waals surface area (Å²) in [6.07, 6.45) is 1.11. The maximum Gasteiger partial charge on any atom is 0.278 e. The standard InChI is InChI=1S/C7H7N3O3/c8-9-4-5-3-6(11)1-2-7(5)10(12)13/h1-4,11H,8H2. The summed E-state index contributed by atoms with van der Waals surface area (Å²) in [7, 11) is 0. The van der Waals surface area contributed by atoms with E-state index >= 15 is 0 Å². The Labute approximate surface area is 73.4 Å². The molecule has 6 nitrogen and oxygen atoms in total. The molecule has 0 aliphatic carbocycles. The quantitative estimate of drug-likeness (QED) is 0.301. The third kappa shape index (κ3) is 1.92. The average Bonchev–Trinajstić information content (AvgIpc) is 2.04. The number of nitro groups is 1.